The second-order valence-electron chi connectivity index (χ2n) is 6.09. The average molecular weight is 342 g/mol. The fourth-order valence-electron chi connectivity index (χ4n) is 2.36. The second kappa shape index (κ2) is 5.93. The first-order valence-electron chi connectivity index (χ1n) is 7.56. The van der Waals surface area contributed by atoms with E-state index in [1.807, 2.05) is 24.5 Å². The van der Waals surface area contributed by atoms with Gasteiger partial charge in [0.05, 0.1) is 18.1 Å². The Labute approximate surface area is 143 Å². The van der Waals surface area contributed by atoms with Gasteiger partial charge >= 0.3 is 5.97 Å². The fraction of sp³-hybridized carbons (Fsp3) is 0.250. The molecule has 0 atom stereocenters. The molecule has 3 aromatic heterocycles. The summed E-state index contributed by atoms with van der Waals surface area (Å²) in [4.78, 5) is 23.9. The molecule has 0 radical (unpaired) electrons. The van der Waals surface area contributed by atoms with E-state index in [0.717, 1.165) is 0 Å². The first kappa shape index (κ1) is 16.5. The van der Waals surface area contributed by atoms with Crippen LogP contribution in [0.25, 0.3) is 5.82 Å². The van der Waals surface area contributed by atoms with Gasteiger partial charge in [-0.1, -0.05) is 0 Å². The van der Waals surface area contributed by atoms with Crippen LogP contribution in [0, 0.1) is 0 Å². The molecule has 3 aromatic rings. The zero-order chi connectivity index (χ0) is 18.2. The number of hydrogen-bond acceptors (Lipinski definition) is 4. The highest BCUT2D eigenvalue weighted by atomic mass is 16.4. The summed E-state index contributed by atoms with van der Waals surface area (Å²) in [6.07, 6.45) is 8.02. The lowest BCUT2D eigenvalue weighted by atomic mass is 10.1. The number of carboxylic acid groups (broad SMARTS) is 1. The third-order valence-corrected chi connectivity index (χ3v) is 3.94. The average Bonchev–Trinajstić information content (AvgIpc) is 3.26. The van der Waals surface area contributed by atoms with E-state index in [9.17, 15) is 14.7 Å². The minimum atomic E-state index is -1.21. The fourth-order valence-corrected chi connectivity index (χ4v) is 2.36. The molecule has 0 aliphatic heterocycles. The van der Waals surface area contributed by atoms with Crippen molar-refractivity contribution in [2.75, 3.05) is 5.32 Å². The van der Waals surface area contributed by atoms with Crippen molar-refractivity contribution >= 4 is 17.6 Å². The van der Waals surface area contributed by atoms with Gasteiger partial charge in [-0.3, -0.25) is 14.2 Å². The van der Waals surface area contributed by atoms with E-state index < -0.39 is 11.5 Å². The number of aryl methyl sites for hydroxylation is 1. The van der Waals surface area contributed by atoms with Gasteiger partial charge in [-0.2, -0.15) is 10.2 Å². The summed E-state index contributed by atoms with van der Waals surface area (Å²) in [6.45, 7) is 3.05. The van der Waals surface area contributed by atoms with E-state index in [1.165, 1.54) is 37.1 Å². The van der Waals surface area contributed by atoms with E-state index in [1.54, 1.807) is 16.3 Å². The number of nitrogens with zero attached hydrogens (tertiary/aromatic N) is 5. The maximum Gasteiger partial charge on any atom is 0.331 e. The van der Waals surface area contributed by atoms with Crippen LogP contribution in [0.15, 0.2) is 43.1 Å². The van der Waals surface area contributed by atoms with Crippen LogP contribution in [0.2, 0.25) is 0 Å². The van der Waals surface area contributed by atoms with Gasteiger partial charge in [0.1, 0.15) is 11.4 Å². The lowest BCUT2D eigenvalue weighted by molar-refractivity contribution is -0.146. The highest BCUT2D eigenvalue weighted by Crippen LogP contribution is 2.19. The van der Waals surface area contributed by atoms with Gasteiger partial charge in [0.25, 0.3) is 5.91 Å². The number of rotatable bonds is 5. The van der Waals surface area contributed by atoms with Crippen LogP contribution in [0.5, 0.6) is 0 Å². The summed E-state index contributed by atoms with van der Waals surface area (Å²) < 4.78 is 4.69. The summed E-state index contributed by atoms with van der Waals surface area (Å²) >= 11 is 0. The Morgan fingerprint density at radius 3 is 2.48 bits per heavy atom. The van der Waals surface area contributed by atoms with Gasteiger partial charge in [-0.15, -0.1) is 0 Å². The maximum absolute atomic E-state index is 12.6. The van der Waals surface area contributed by atoms with Crippen LogP contribution in [-0.4, -0.2) is 41.1 Å². The first-order valence-corrected chi connectivity index (χ1v) is 7.56. The molecule has 0 aliphatic rings. The van der Waals surface area contributed by atoms with E-state index in [0.29, 0.717) is 17.1 Å². The molecule has 3 heterocycles. The molecule has 130 valence electrons. The number of amides is 1. The van der Waals surface area contributed by atoms with E-state index in [-0.39, 0.29) is 5.91 Å². The van der Waals surface area contributed by atoms with Crippen LogP contribution < -0.4 is 5.32 Å². The Morgan fingerprint density at radius 1 is 1.16 bits per heavy atom. The maximum atomic E-state index is 12.6. The Bertz CT molecular complexity index is 920. The van der Waals surface area contributed by atoms with Crippen LogP contribution in [0.3, 0.4) is 0 Å². The molecule has 0 spiro atoms. The molecule has 0 unspecified atom stereocenters. The van der Waals surface area contributed by atoms with Crippen molar-refractivity contribution in [2.45, 2.75) is 19.4 Å². The van der Waals surface area contributed by atoms with Gasteiger partial charge in [0, 0.05) is 25.6 Å². The van der Waals surface area contributed by atoms with Crippen molar-refractivity contribution < 1.29 is 14.7 Å². The van der Waals surface area contributed by atoms with Gasteiger partial charge in [0.15, 0.2) is 5.54 Å². The van der Waals surface area contributed by atoms with Crippen molar-refractivity contribution in [3.63, 3.8) is 0 Å². The minimum absolute atomic E-state index is 0.357. The molecule has 25 heavy (non-hydrogen) atoms. The summed E-state index contributed by atoms with van der Waals surface area (Å²) in [5, 5.41) is 20.1. The smallest absolute Gasteiger partial charge is 0.331 e. The number of hydrogen-bond donors (Lipinski definition) is 2. The van der Waals surface area contributed by atoms with Crippen molar-refractivity contribution in [3.05, 3.63) is 48.7 Å². The van der Waals surface area contributed by atoms with Gasteiger partial charge in [-0.05, 0) is 26.0 Å². The number of aromatic nitrogens is 5. The molecule has 1 amide bonds. The highest BCUT2D eigenvalue weighted by molar-refractivity contribution is 6.06. The van der Waals surface area contributed by atoms with Crippen LogP contribution in [0.1, 0.15) is 24.2 Å². The molecule has 9 nitrogen and oxygen atoms in total. The molecule has 0 saturated heterocycles. The molecular weight excluding hydrogens is 324 g/mol. The Balaban J connectivity index is 1.85. The Morgan fingerprint density at radius 2 is 1.84 bits per heavy atom. The van der Waals surface area contributed by atoms with Crippen LogP contribution in [-0.2, 0) is 17.4 Å². The van der Waals surface area contributed by atoms with Crippen LogP contribution in [0.4, 0.5) is 5.69 Å². The molecule has 0 saturated carbocycles. The minimum Gasteiger partial charge on any atom is -0.479 e. The quantitative estimate of drug-likeness (QED) is 0.730. The van der Waals surface area contributed by atoms with Crippen molar-refractivity contribution in [1.82, 2.24) is 24.1 Å². The molecule has 2 N–H and O–H groups in total. The van der Waals surface area contributed by atoms with Crippen molar-refractivity contribution in [1.29, 1.82) is 0 Å². The molecule has 9 heteroatoms. The predicted molar refractivity (Wildman–Crippen MR) is 89.7 cm³/mol. The summed E-state index contributed by atoms with van der Waals surface area (Å²) in [5.41, 5.74) is -0.418. The van der Waals surface area contributed by atoms with Crippen molar-refractivity contribution in [3.8, 4) is 5.82 Å². The monoisotopic (exact) mass is 342 g/mol. The Kier molecular flexibility index (Phi) is 3.91. The van der Waals surface area contributed by atoms with Crippen molar-refractivity contribution in [2.24, 2.45) is 7.05 Å². The Hall–Kier alpha value is -3.36. The summed E-state index contributed by atoms with van der Waals surface area (Å²) in [5.74, 6) is -0.749. The molecule has 0 aliphatic carbocycles. The normalized spacial score (nSPS) is 11.5. The van der Waals surface area contributed by atoms with Crippen LogP contribution >= 0.6 is 0 Å². The topological polar surface area (TPSA) is 107 Å². The standard InChI is InChI=1S/C16H18N6O3/c1-16(2,15(24)25)22-10-11(8-18-22)19-13(23)12-9-17-20(3)14(12)21-6-4-5-7-21/h4-10H,1-3H3,(H,19,23)(H,24,25). The zero-order valence-electron chi connectivity index (χ0n) is 14.0. The van der Waals surface area contributed by atoms with Gasteiger partial charge in [0.2, 0.25) is 0 Å². The SMILES string of the molecule is Cn1ncc(C(=O)Nc2cnn(C(C)(C)C(=O)O)c2)c1-n1cccc1. The third-order valence-electron chi connectivity index (χ3n) is 3.94. The van der Waals surface area contributed by atoms with E-state index >= 15 is 0 Å². The molecule has 0 fully saturated rings. The van der Waals surface area contributed by atoms with E-state index in [2.05, 4.69) is 15.5 Å². The predicted octanol–water partition coefficient (Wildman–Crippen LogP) is 1.48. The van der Waals surface area contributed by atoms with Gasteiger partial charge in [-0.25, -0.2) is 4.79 Å². The molecular formula is C16H18N6O3. The van der Waals surface area contributed by atoms with E-state index in [4.69, 9.17) is 0 Å². The second-order valence-corrected chi connectivity index (χ2v) is 6.09. The number of nitrogens with one attached hydrogen (secondary N) is 1. The van der Waals surface area contributed by atoms with Gasteiger partial charge < -0.3 is 15.0 Å². The zero-order valence-corrected chi connectivity index (χ0v) is 14.0. The lowest BCUT2D eigenvalue weighted by Crippen LogP contribution is -2.35. The number of carboxylic acids is 1. The highest BCUT2D eigenvalue weighted by Gasteiger charge is 2.30. The number of anilines is 1. The number of carbonyl (C=O) groups is 2. The summed E-state index contributed by atoms with van der Waals surface area (Å²) in [6, 6.07) is 3.71. The molecule has 0 aromatic carbocycles. The summed E-state index contributed by atoms with van der Waals surface area (Å²) in [7, 11) is 1.75. The molecule has 0 bridgehead atoms. The molecule has 3 rings (SSSR count). The number of carbonyl (C=O) groups excluding carboxylic acids is 1. The lowest BCUT2D eigenvalue weighted by Gasteiger charge is -2.19. The third kappa shape index (κ3) is 2.91. The largest absolute Gasteiger partial charge is 0.479 e. The number of aliphatic carboxylic acids is 1. The first-order chi connectivity index (χ1) is 11.8.